The normalized spacial score (nSPS) is 18.5. The molecule has 0 aliphatic carbocycles. The van der Waals surface area contributed by atoms with Crippen LogP contribution in [0.25, 0.3) is 0 Å². The van der Waals surface area contributed by atoms with Crippen molar-refractivity contribution < 1.29 is 28.2 Å². The lowest BCUT2D eigenvalue weighted by molar-refractivity contribution is -0.433. The Morgan fingerprint density at radius 3 is 2.06 bits per heavy atom. The minimum atomic E-state index is -4.27. The predicted octanol–water partition coefficient (Wildman–Crippen LogP) is -0.947. The molecule has 1 aliphatic heterocycles. The summed E-state index contributed by atoms with van der Waals surface area (Å²) in [6, 6.07) is 5.70. The Bertz CT molecular complexity index is 494. The molecule has 17 heavy (non-hydrogen) atoms. The Morgan fingerprint density at radius 1 is 1.35 bits per heavy atom. The molecule has 0 aromatic heterocycles. The zero-order valence-corrected chi connectivity index (χ0v) is 10.1. The van der Waals surface area contributed by atoms with Gasteiger partial charge in [-0.15, -0.1) is 0 Å². The van der Waals surface area contributed by atoms with Crippen LogP contribution in [0.2, 0.25) is 0 Å². The molecule has 7 heteroatoms. The summed E-state index contributed by atoms with van der Waals surface area (Å²) in [5.41, 5.74) is 4.38. The van der Waals surface area contributed by atoms with Crippen LogP contribution >= 0.6 is 0 Å². The van der Waals surface area contributed by atoms with E-state index in [4.69, 9.17) is 0 Å². The Kier molecular flexibility index (Phi) is 4.22. The monoisotopic (exact) mass is 259 g/mol. The first-order valence-electron chi connectivity index (χ1n) is 4.83. The third kappa shape index (κ3) is 4.14. The second kappa shape index (κ2) is 5.26. The lowest BCUT2D eigenvalue weighted by atomic mass is 10.2. The number of ether oxygens (including phenoxy) is 1. The van der Waals surface area contributed by atoms with Crippen LogP contribution in [-0.2, 0) is 19.6 Å². The molecule has 0 unspecified atom stereocenters. The first-order valence-corrected chi connectivity index (χ1v) is 6.24. The van der Waals surface area contributed by atoms with Crippen LogP contribution in [0.5, 0.6) is 0 Å². The van der Waals surface area contributed by atoms with Crippen molar-refractivity contribution in [1.82, 2.24) is 0 Å². The number of carbonyl (C=O) groups is 1. The maximum Gasteiger partial charge on any atom is 0.368 e. The number of quaternary nitrogens is 1. The summed E-state index contributed by atoms with van der Waals surface area (Å²) in [4.78, 5) is 9.77. The van der Waals surface area contributed by atoms with Crippen molar-refractivity contribution in [3.8, 4) is 0 Å². The van der Waals surface area contributed by atoms with E-state index < -0.39 is 10.1 Å². The Hall–Kier alpha value is -1.44. The zero-order chi connectivity index (χ0) is 13.1. The highest BCUT2D eigenvalue weighted by Crippen LogP contribution is 2.08. The molecule has 94 valence electrons. The van der Waals surface area contributed by atoms with E-state index in [9.17, 15) is 17.8 Å². The van der Waals surface area contributed by atoms with Gasteiger partial charge in [-0.25, -0.2) is 13.2 Å². The first kappa shape index (κ1) is 13.6. The quantitative estimate of drug-likeness (QED) is 0.516. The molecule has 0 bridgehead atoms. The molecule has 1 saturated heterocycles. The molecule has 1 aromatic carbocycles. The molecule has 0 saturated carbocycles. The number of esters is 1. The van der Waals surface area contributed by atoms with Gasteiger partial charge in [0.05, 0.1) is 4.90 Å². The molecule has 1 atom stereocenters. The van der Waals surface area contributed by atoms with Crippen LogP contribution in [0.4, 0.5) is 0 Å². The van der Waals surface area contributed by atoms with Crippen molar-refractivity contribution in [3.05, 3.63) is 29.8 Å². The largest absolute Gasteiger partial charge is 0.744 e. The van der Waals surface area contributed by atoms with Gasteiger partial charge in [-0.3, -0.25) is 0 Å². The number of benzene rings is 1. The molecule has 1 heterocycles. The molecule has 0 radical (unpaired) electrons. The van der Waals surface area contributed by atoms with E-state index in [1.165, 1.54) is 12.1 Å². The molecular formula is C10H13NO5S. The number of hydrogen-bond donors (Lipinski definition) is 1. The zero-order valence-electron chi connectivity index (χ0n) is 9.25. The highest BCUT2D eigenvalue weighted by molar-refractivity contribution is 7.85. The highest BCUT2D eigenvalue weighted by atomic mass is 32.2. The summed E-state index contributed by atoms with van der Waals surface area (Å²) in [5, 5.41) is 0. The molecule has 2 rings (SSSR count). The van der Waals surface area contributed by atoms with Crippen molar-refractivity contribution in [1.29, 1.82) is 0 Å². The van der Waals surface area contributed by atoms with Gasteiger partial charge >= 0.3 is 5.97 Å². The molecule has 0 amide bonds. The van der Waals surface area contributed by atoms with Gasteiger partial charge in [0, 0.05) is 0 Å². The summed E-state index contributed by atoms with van der Waals surface area (Å²) >= 11 is 0. The Morgan fingerprint density at radius 2 is 1.82 bits per heavy atom. The average Bonchev–Trinajstić information content (AvgIpc) is 2.27. The number of carbonyl (C=O) groups excluding carboxylic acids is 1. The van der Waals surface area contributed by atoms with Gasteiger partial charge < -0.3 is 15.0 Å². The lowest BCUT2D eigenvalue weighted by Gasteiger charge is -2.15. The summed E-state index contributed by atoms with van der Waals surface area (Å²) in [5.74, 6) is -0.171. The second-order valence-electron chi connectivity index (χ2n) is 3.59. The van der Waals surface area contributed by atoms with Crippen LogP contribution < -0.4 is 5.73 Å². The van der Waals surface area contributed by atoms with E-state index in [2.05, 4.69) is 10.5 Å². The Balaban J connectivity index is 0.000000202. The molecule has 3 N–H and O–H groups in total. The van der Waals surface area contributed by atoms with Gasteiger partial charge in [0.15, 0.2) is 6.61 Å². The van der Waals surface area contributed by atoms with Crippen LogP contribution in [0, 0.1) is 6.92 Å². The molecule has 1 fully saturated rings. The van der Waals surface area contributed by atoms with Crippen molar-refractivity contribution >= 4 is 16.1 Å². The summed E-state index contributed by atoms with van der Waals surface area (Å²) < 4.78 is 35.5. The topological polar surface area (TPSA) is 111 Å². The van der Waals surface area contributed by atoms with Crippen LogP contribution in [-0.4, -0.2) is 31.6 Å². The number of hydrogen-bond acceptors (Lipinski definition) is 5. The van der Waals surface area contributed by atoms with E-state index in [-0.39, 0.29) is 16.9 Å². The summed E-state index contributed by atoms with van der Waals surface area (Å²) in [6.07, 6.45) is 0. The Labute approximate surface area is 99.1 Å². The third-order valence-electron chi connectivity index (χ3n) is 2.07. The van der Waals surface area contributed by atoms with E-state index in [1.54, 1.807) is 12.1 Å². The molecule has 6 nitrogen and oxygen atoms in total. The van der Waals surface area contributed by atoms with E-state index >= 15 is 0 Å². The fourth-order valence-electron chi connectivity index (χ4n) is 0.974. The van der Waals surface area contributed by atoms with Crippen LogP contribution in [0.3, 0.4) is 0 Å². The second-order valence-corrected chi connectivity index (χ2v) is 4.97. The third-order valence-corrected chi connectivity index (χ3v) is 2.92. The standard InChI is InChI=1S/C7H8O3S.C3H5NO2/c1-6-2-4-7(5-3-6)11(8,9)10;4-2-1-6-3(2)5/h2-5H,1H3,(H,8,9,10);2H,1,4H2/t;2-/m.0/s1. The SMILES string of the molecule is Cc1ccc(S(=O)(=O)[O-])cc1.[NH3+][C@H]1COC1=O. The van der Waals surface area contributed by atoms with Gasteiger partial charge in [0.25, 0.3) is 0 Å². The molecule has 1 aromatic rings. The van der Waals surface area contributed by atoms with Gasteiger partial charge in [0.1, 0.15) is 10.1 Å². The van der Waals surface area contributed by atoms with Gasteiger partial charge in [0.2, 0.25) is 6.04 Å². The van der Waals surface area contributed by atoms with Crippen molar-refractivity contribution in [2.24, 2.45) is 0 Å². The maximum atomic E-state index is 10.4. The van der Waals surface area contributed by atoms with Gasteiger partial charge in [-0.1, -0.05) is 17.7 Å². The van der Waals surface area contributed by atoms with Crippen LogP contribution in [0.1, 0.15) is 5.56 Å². The summed E-state index contributed by atoms with van der Waals surface area (Å²) in [6.45, 7) is 2.33. The van der Waals surface area contributed by atoms with Gasteiger partial charge in [-0.05, 0) is 19.1 Å². The fraction of sp³-hybridized carbons (Fsp3) is 0.300. The van der Waals surface area contributed by atoms with Crippen molar-refractivity contribution in [2.75, 3.05) is 6.61 Å². The number of aryl methyl sites for hydroxylation is 1. The average molecular weight is 259 g/mol. The highest BCUT2D eigenvalue weighted by Gasteiger charge is 2.29. The molecule has 0 spiro atoms. The number of cyclic esters (lactones) is 1. The fourth-order valence-corrected chi connectivity index (χ4v) is 1.44. The minimum absolute atomic E-state index is 0.0787. The van der Waals surface area contributed by atoms with Crippen molar-refractivity contribution in [3.63, 3.8) is 0 Å². The van der Waals surface area contributed by atoms with E-state index in [0.717, 1.165) is 5.56 Å². The van der Waals surface area contributed by atoms with Gasteiger partial charge in [-0.2, -0.15) is 0 Å². The first-order chi connectivity index (χ1) is 7.80. The van der Waals surface area contributed by atoms with E-state index in [0.29, 0.717) is 6.61 Å². The van der Waals surface area contributed by atoms with Crippen molar-refractivity contribution in [2.45, 2.75) is 17.9 Å². The number of rotatable bonds is 1. The lowest BCUT2D eigenvalue weighted by Crippen LogP contribution is -2.72. The van der Waals surface area contributed by atoms with E-state index in [1.807, 2.05) is 6.92 Å². The minimum Gasteiger partial charge on any atom is -0.744 e. The summed E-state index contributed by atoms with van der Waals surface area (Å²) in [7, 11) is -4.27. The predicted molar refractivity (Wildman–Crippen MR) is 56.8 cm³/mol. The molecular weight excluding hydrogens is 246 g/mol. The smallest absolute Gasteiger partial charge is 0.368 e. The van der Waals surface area contributed by atoms with Crippen LogP contribution in [0.15, 0.2) is 29.2 Å². The maximum absolute atomic E-state index is 10.4. The molecule has 1 aliphatic rings.